The lowest BCUT2D eigenvalue weighted by Crippen LogP contribution is -2.37. The number of hydrogen-bond donors (Lipinski definition) is 1. The van der Waals surface area contributed by atoms with Crippen LogP contribution >= 0.6 is 11.3 Å². The fourth-order valence-electron chi connectivity index (χ4n) is 10.7. The molecule has 11 aromatic rings. The van der Waals surface area contributed by atoms with Crippen molar-refractivity contribution in [2.45, 2.75) is 45.4 Å². The Morgan fingerprint density at radius 2 is 1.37 bits per heavy atom. The summed E-state index contributed by atoms with van der Waals surface area (Å²) in [6, 6.07) is 54.6. The number of anilines is 2. The maximum atomic E-state index is 6.56. The molecule has 286 valence electrons. The van der Waals surface area contributed by atoms with E-state index in [1.54, 1.807) is 0 Å². The topological polar surface area (TPSA) is 30.1 Å². The van der Waals surface area contributed by atoms with Crippen LogP contribution in [-0.4, -0.2) is 11.8 Å². The number of furan rings is 1. The molecule has 0 saturated heterocycles. The smallest absolute Gasteiger partial charge is 0.198 e. The Morgan fingerprint density at radius 3 is 2.22 bits per heavy atom. The summed E-state index contributed by atoms with van der Waals surface area (Å²) in [6.45, 7) is 11.6. The van der Waals surface area contributed by atoms with E-state index in [-0.39, 0.29) is 10.8 Å². The van der Waals surface area contributed by atoms with Crippen molar-refractivity contribution in [3.05, 3.63) is 162 Å². The Kier molecular flexibility index (Phi) is 6.75. The molecule has 60 heavy (non-hydrogen) atoms. The Balaban J connectivity index is 1.11. The van der Waals surface area contributed by atoms with Crippen LogP contribution in [0.1, 0.15) is 51.3 Å². The summed E-state index contributed by atoms with van der Waals surface area (Å²) in [5.74, 6) is 0. The van der Waals surface area contributed by atoms with Gasteiger partial charge in [0.25, 0.3) is 0 Å². The highest BCUT2D eigenvalue weighted by Crippen LogP contribution is 2.52. The lowest BCUT2D eigenvalue weighted by atomic mass is 9.58. The van der Waals surface area contributed by atoms with E-state index < -0.39 is 0 Å². The molecular formula is C55H41BN2OS. The third-order valence-corrected chi connectivity index (χ3v) is 14.9. The highest BCUT2D eigenvalue weighted by Gasteiger charge is 2.37. The second kappa shape index (κ2) is 11.8. The number of hydrogen-bond acceptors (Lipinski definition) is 3. The molecule has 0 fully saturated rings. The number of aromatic nitrogens is 1. The molecule has 0 bridgehead atoms. The fourth-order valence-corrected chi connectivity index (χ4v) is 11.8. The first-order valence-electron chi connectivity index (χ1n) is 21.1. The number of nitrogens with zero attached hydrogens (tertiary/aromatic N) is 1. The second-order valence-corrected chi connectivity index (χ2v) is 19.7. The fraction of sp³-hybridized carbons (Fsp3) is 0.127. The molecule has 0 spiro atoms. The standard InChI is InChI=1S/C55H41BN2OS/c1-54(2,3)30-18-20-31(21-19-30)57-45-27-37-32-12-6-9-15-42(32)55(4,5)43(37)25-38(45)35-22-23-36-39-24-41-34-14-8-11-17-50(34)60-51(41)29-46(39)58-47-28-49-40(26-44(47)56-52(35)53(36)58)33-13-7-10-16-48(33)59-49/h6-29,56-57H,1-5H3. The maximum Gasteiger partial charge on any atom is 0.198 e. The molecule has 1 aliphatic heterocycles. The van der Waals surface area contributed by atoms with Gasteiger partial charge in [-0.2, -0.15) is 0 Å². The van der Waals surface area contributed by atoms with Crippen molar-refractivity contribution in [1.82, 2.24) is 4.57 Å². The van der Waals surface area contributed by atoms with Gasteiger partial charge in [0.05, 0.1) is 5.52 Å². The molecule has 2 aliphatic rings. The van der Waals surface area contributed by atoms with E-state index in [4.69, 9.17) is 4.42 Å². The van der Waals surface area contributed by atoms with Gasteiger partial charge >= 0.3 is 0 Å². The van der Waals surface area contributed by atoms with Crippen molar-refractivity contribution in [3.8, 4) is 27.9 Å². The molecule has 8 aromatic carbocycles. The molecule has 1 N–H and O–H groups in total. The zero-order chi connectivity index (χ0) is 40.2. The second-order valence-electron chi connectivity index (χ2n) is 18.6. The SMILES string of the molecule is CC(C)(C)c1ccc(Nc2cc3c(cc2-c2ccc4c5cc6c(cc5n5c4c2Bc2cc4c(cc2-5)oc2ccccc24)sc2ccccc26)C(C)(C)c2ccccc2-3)cc1. The lowest BCUT2D eigenvalue weighted by Gasteiger charge is -2.26. The first-order valence-corrected chi connectivity index (χ1v) is 21.9. The molecule has 4 heterocycles. The molecule has 13 rings (SSSR count). The van der Waals surface area contributed by atoms with E-state index in [0.717, 1.165) is 35.2 Å². The monoisotopic (exact) mass is 788 g/mol. The number of nitrogens with one attached hydrogen (secondary N) is 1. The van der Waals surface area contributed by atoms with Crippen LogP contribution in [-0.2, 0) is 10.8 Å². The van der Waals surface area contributed by atoms with Crippen molar-refractivity contribution < 1.29 is 4.42 Å². The maximum absolute atomic E-state index is 6.56. The number of para-hydroxylation sites is 1. The molecule has 0 radical (unpaired) electrons. The zero-order valence-electron chi connectivity index (χ0n) is 34.3. The van der Waals surface area contributed by atoms with Crippen LogP contribution in [0.25, 0.3) is 91.9 Å². The van der Waals surface area contributed by atoms with Crippen molar-refractivity contribution in [2.24, 2.45) is 0 Å². The first kappa shape index (κ1) is 34.3. The van der Waals surface area contributed by atoms with Crippen molar-refractivity contribution >= 4 is 105 Å². The number of benzene rings is 8. The van der Waals surface area contributed by atoms with Gasteiger partial charge in [0, 0.05) is 81.3 Å². The third kappa shape index (κ3) is 4.67. The molecule has 3 aromatic heterocycles. The summed E-state index contributed by atoms with van der Waals surface area (Å²) in [7, 11) is 0.811. The number of rotatable bonds is 3. The summed E-state index contributed by atoms with van der Waals surface area (Å²) < 4.78 is 11.8. The molecule has 3 nitrogen and oxygen atoms in total. The van der Waals surface area contributed by atoms with Crippen LogP contribution in [0.2, 0.25) is 0 Å². The van der Waals surface area contributed by atoms with Crippen LogP contribution < -0.4 is 16.2 Å². The number of fused-ring (bicyclic) bond motifs is 14. The average molecular weight is 789 g/mol. The Bertz CT molecular complexity index is 3670. The molecule has 0 atom stereocenters. The minimum absolute atomic E-state index is 0.0793. The molecular weight excluding hydrogens is 747 g/mol. The first-order chi connectivity index (χ1) is 29.1. The van der Waals surface area contributed by atoms with Crippen LogP contribution in [0, 0.1) is 0 Å². The highest BCUT2D eigenvalue weighted by molar-refractivity contribution is 7.25. The van der Waals surface area contributed by atoms with Gasteiger partial charge in [-0.1, -0.05) is 131 Å². The Labute approximate surface area is 353 Å². The summed E-state index contributed by atoms with van der Waals surface area (Å²) in [4.78, 5) is 0. The van der Waals surface area contributed by atoms with Gasteiger partial charge in [-0.25, -0.2) is 0 Å². The van der Waals surface area contributed by atoms with Crippen molar-refractivity contribution in [2.75, 3.05) is 5.32 Å². The van der Waals surface area contributed by atoms with Crippen molar-refractivity contribution in [3.63, 3.8) is 0 Å². The zero-order valence-corrected chi connectivity index (χ0v) is 35.1. The molecule has 0 saturated carbocycles. The van der Waals surface area contributed by atoms with Gasteiger partial charge < -0.3 is 14.3 Å². The van der Waals surface area contributed by atoms with Crippen LogP contribution in [0.5, 0.6) is 0 Å². The Hall–Kier alpha value is -6.56. The van der Waals surface area contributed by atoms with Crippen LogP contribution in [0.15, 0.2) is 150 Å². The molecule has 1 aliphatic carbocycles. The molecule has 5 heteroatoms. The van der Waals surface area contributed by atoms with Gasteiger partial charge in [-0.3, -0.25) is 0 Å². The van der Waals surface area contributed by atoms with E-state index in [2.05, 4.69) is 190 Å². The lowest BCUT2D eigenvalue weighted by molar-refractivity contribution is 0.590. The van der Waals surface area contributed by atoms with Gasteiger partial charge in [0.15, 0.2) is 7.28 Å². The van der Waals surface area contributed by atoms with Crippen LogP contribution in [0.3, 0.4) is 0 Å². The van der Waals surface area contributed by atoms with Gasteiger partial charge in [0.1, 0.15) is 11.2 Å². The molecule has 0 amide bonds. The number of thiophene rings is 1. The van der Waals surface area contributed by atoms with E-state index in [9.17, 15) is 0 Å². The predicted molar refractivity (Wildman–Crippen MR) is 259 cm³/mol. The van der Waals surface area contributed by atoms with Gasteiger partial charge in [-0.05, 0) is 92.8 Å². The van der Waals surface area contributed by atoms with E-state index in [1.807, 2.05) is 11.3 Å². The quantitative estimate of drug-likeness (QED) is 0.181. The van der Waals surface area contributed by atoms with Crippen molar-refractivity contribution in [1.29, 1.82) is 0 Å². The Morgan fingerprint density at radius 1 is 0.583 bits per heavy atom. The van der Waals surface area contributed by atoms with E-state index in [1.165, 1.54) is 103 Å². The van der Waals surface area contributed by atoms with Crippen LogP contribution in [0.4, 0.5) is 11.4 Å². The minimum Gasteiger partial charge on any atom is -0.456 e. The average Bonchev–Trinajstić information content (AvgIpc) is 3.96. The normalized spacial score (nSPS) is 14.0. The third-order valence-electron chi connectivity index (χ3n) is 13.8. The predicted octanol–water partition coefficient (Wildman–Crippen LogP) is 13.8. The van der Waals surface area contributed by atoms with Gasteiger partial charge in [0.2, 0.25) is 0 Å². The largest absolute Gasteiger partial charge is 0.456 e. The summed E-state index contributed by atoms with van der Waals surface area (Å²) in [6.07, 6.45) is 0. The highest BCUT2D eigenvalue weighted by atomic mass is 32.1. The minimum atomic E-state index is -0.140. The summed E-state index contributed by atoms with van der Waals surface area (Å²) in [5, 5.41) is 11.5. The van der Waals surface area contributed by atoms with Gasteiger partial charge in [-0.15, -0.1) is 11.3 Å². The van der Waals surface area contributed by atoms with E-state index >= 15 is 0 Å². The molecule has 0 unspecified atom stereocenters. The summed E-state index contributed by atoms with van der Waals surface area (Å²) >= 11 is 1.89. The van der Waals surface area contributed by atoms with E-state index in [0.29, 0.717) is 0 Å². The summed E-state index contributed by atoms with van der Waals surface area (Å²) in [5.41, 5.74) is 19.6.